The number of Topliss-reactive ketones (excluding diaryl/α,β-unsaturated/α-hetero) is 2. The molecule has 7 heteroatoms. The maximum Gasteiger partial charge on any atom is 0.162 e. The summed E-state index contributed by atoms with van der Waals surface area (Å²) in [6.45, 7) is 11.2. The normalized spacial score (nSPS) is 20.8. The second-order valence-electron chi connectivity index (χ2n) is 12.5. The van der Waals surface area contributed by atoms with Gasteiger partial charge >= 0.3 is 0 Å². The molecule has 0 spiro atoms. The van der Waals surface area contributed by atoms with Gasteiger partial charge in [0.1, 0.15) is 12.4 Å². The molecule has 206 valence electrons. The van der Waals surface area contributed by atoms with Gasteiger partial charge in [-0.15, -0.1) is 0 Å². The molecule has 5 rings (SSSR count). The molecule has 3 aliphatic rings. The first-order chi connectivity index (χ1) is 18.3. The second-order valence-corrected chi connectivity index (χ2v) is 13.3. The molecule has 0 fully saturated rings. The van der Waals surface area contributed by atoms with E-state index in [0.29, 0.717) is 41.7 Å². The van der Waals surface area contributed by atoms with E-state index in [0.717, 1.165) is 24.2 Å². The van der Waals surface area contributed by atoms with E-state index in [9.17, 15) is 14.0 Å². The topological polar surface area (TPSA) is 46.6 Å². The lowest BCUT2D eigenvalue weighted by molar-refractivity contribution is -0.119. The summed E-state index contributed by atoms with van der Waals surface area (Å²) in [5, 5.41) is 0.506. The molecule has 0 saturated carbocycles. The highest BCUT2D eigenvalue weighted by Crippen LogP contribution is 2.55. The van der Waals surface area contributed by atoms with Crippen molar-refractivity contribution in [2.75, 3.05) is 6.54 Å². The second kappa shape index (κ2) is 10.1. The van der Waals surface area contributed by atoms with E-state index in [1.54, 1.807) is 30.3 Å². The van der Waals surface area contributed by atoms with Crippen LogP contribution in [0.4, 0.5) is 4.39 Å². The fraction of sp³-hybridized carbons (Fsp3) is 0.438. The number of carbonyl (C=O) groups excluding carboxylic acids is 2. The molecule has 2 aromatic carbocycles. The smallest absolute Gasteiger partial charge is 0.162 e. The monoisotopic (exact) mass is 569 g/mol. The van der Waals surface area contributed by atoms with Crippen molar-refractivity contribution in [2.24, 2.45) is 10.8 Å². The fourth-order valence-electron chi connectivity index (χ4n) is 6.41. The van der Waals surface area contributed by atoms with Gasteiger partial charge in [0.05, 0.1) is 10.0 Å². The molecule has 0 amide bonds. The van der Waals surface area contributed by atoms with Crippen molar-refractivity contribution in [3.05, 3.63) is 85.9 Å². The van der Waals surface area contributed by atoms with E-state index < -0.39 is 5.92 Å². The molecule has 0 aromatic heterocycles. The van der Waals surface area contributed by atoms with Crippen molar-refractivity contribution in [2.45, 2.75) is 72.8 Å². The zero-order valence-corrected chi connectivity index (χ0v) is 24.6. The number of ketones is 2. The van der Waals surface area contributed by atoms with Crippen molar-refractivity contribution in [1.29, 1.82) is 0 Å². The molecule has 0 saturated heterocycles. The number of rotatable bonds is 5. The van der Waals surface area contributed by atoms with Gasteiger partial charge in [0.15, 0.2) is 17.3 Å². The summed E-state index contributed by atoms with van der Waals surface area (Å²) >= 11 is 13.4. The predicted molar refractivity (Wildman–Crippen MR) is 152 cm³/mol. The van der Waals surface area contributed by atoms with Crippen molar-refractivity contribution < 1.29 is 18.7 Å². The molecular weight excluding hydrogens is 536 g/mol. The third-order valence-electron chi connectivity index (χ3n) is 8.02. The van der Waals surface area contributed by atoms with Crippen LogP contribution in [-0.2, 0) is 16.2 Å². The third-order valence-corrected chi connectivity index (χ3v) is 8.58. The summed E-state index contributed by atoms with van der Waals surface area (Å²) in [6, 6.07) is 9.84. The minimum absolute atomic E-state index is 0.0356. The van der Waals surface area contributed by atoms with Crippen molar-refractivity contribution in [3.8, 4) is 5.75 Å². The van der Waals surface area contributed by atoms with Gasteiger partial charge in [-0.3, -0.25) is 9.59 Å². The first-order valence-corrected chi connectivity index (χ1v) is 14.2. The Kier molecular flexibility index (Phi) is 7.22. The Morgan fingerprint density at radius 2 is 1.41 bits per heavy atom. The number of ether oxygens (including phenoxy) is 1. The highest BCUT2D eigenvalue weighted by molar-refractivity contribution is 6.37. The van der Waals surface area contributed by atoms with Crippen LogP contribution in [0.3, 0.4) is 0 Å². The summed E-state index contributed by atoms with van der Waals surface area (Å²) in [5.41, 5.74) is 4.07. The minimum Gasteiger partial charge on any atom is -0.486 e. The number of allylic oxidation sites excluding steroid dienone is 4. The predicted octanol–water partition coefficient (Wildman–Crippen LogP) is 8.42. The molecule has 1 heterocycles. The number of hydrogen-bond acceptors (Lipinski definition) is 4. The zero-order valence-electron chi connectivity index (χ0n) is 23.1. The third kappa shape index (κ3) is 5.16. The van der Waals surface area contributed by atoms with E-state index in [4.69, 9.17) is 27.9 Å². The van der Waals surface area contributed by atoms with Gasteiger partial charge in [0, 0.05) is 53.4 Å². The number of carbonyl (C=O) groups is 2. The maximum atomic E-state index is 14.1. The van der Waals surface area contributed by atoms with Gasteiger partial charge in [-0.25, -0.2) is 4.39 Å². The highest BCUT2D eigenvalue weighted by atomic mass is 35.5. The van der Waals surface area contributed by atoms with Crippen LogP contribution in [0.1, 0.15) is 77.3 Å². The summed E-state index contributed by atoms with van der Waals surface area (Å²) in [7, 11) is 0. The molecule has 2 aromatic rings. The van der Waals surface area contributed by atoms with E-state index in [1.807, 2.05) is 0 Å². The van der Waals surface area contributed by atoms with Crippen molar-refractivity contribution >= 4 is 34.8 Å². The maximum absolute atomic E-state index is 14.1. The van der Waals surface area contributed by atoms with Crippen LogP contribution in [0.5, 0.6) is 5.75 Å². The molecule has 39 heavy (non-hydrogen) atoms. The Morgan fingerprint density at radius 1 is 0.897 bits per heavy atom. The quantitative estimate of drug-likeness (QED) is 0.362. The highest BCUT2D eigenvalue weighted by Gasteiger charge is 2.48. The first kappa shape index (κ1) is 27.9. The van der Waals surface area contributed by atoms with Crippen molar-refractivity contribution in [1.82, 2.24) is 4.90 Å². The van der Waals surface area contributed by atoms with Crippen LogP contribution in [0, 0.1) is 16.6 Å². The van der Waals surface area contributed by atoms with Crippen LogP contribution < -0.4 is 4.74 Å². The Hall–Kier alpha value is -2.63. The summed E-state index contributed by atoms with van der Waals surface area (Å²) in [5.74, 6) is -0.560. The van der Waals surface area contributed by atoms with Crippen LogP contribution in [0.25, 0.3) is 0 Å². The Balaban J connectivity index is 1.63. The minimum atomic E-state index is -0.541. The number of benzene rings is 2. The molecule has 2 aliphatic carbocycles. The Labute approximate surface area is 239 Å². The lowest BCUT2D eigenvalue weighted by Crippen LogP contribution is -2.44. The van der Waals surface area contributed by atoms with Gasteiger partial charge in [0.25, 0.3) is 0 Å². The molecule has 4 nitrogen and oxygen atoms in total. The molecule has 0 atom stereocenters. The van der Waals surface area contributed by atoms with E-state index in [2.05, 4.69) is 39.5 Å². The molecule has 0 radical (unpaired) electrons. The van der Waals surface area contributed by atoms with E-state index >= 15 is 0 Å². The summed E-state index contributed by atoms with van der Waals surface area (Å²) in [4.78, 5) is 29.8. The fourth-order valence-corrected chi connectivity index (χ4v) is 7.03. The van der Waals surface area contributed by atoms with Crippen LogP contribution in [-0.4, -0.2) is 23.0 Å². The number of nitrogens with zero attached hydrogens (tertiary/aromatic N) is 1. The zero-order chi connectivity index (χ0) is 28.3. The van der Waals surface area contributed by atoms with Crippen LogP contribution in [0.2, 0.25) is 10.0 Å². The Morgan fingerprint density at radius 3 is 1.90 bits per heavy atom. The first-order valence-electron chi connectivity index (χ1n) is 13.5. The standard InChI is InChI=1S/C32H34Cl2FNO3/c1-6-36-23-13-31(2,3)15-25(37)28(23)27(29-24(36)14-32(4,5)16-26(29)38)19-11-20(33)30(21(34)12-19)39-17-18-9-7-8-10-22(18)35/h7-12,27H,6,13-17H2,1-5H3. The molecular formula is C32H34Cl2FNO3. The van der Waals surface area contributed by atoms with E-state index in [-0.39, 0.29) is 50.6 Å². The molecule has 0 bridgehead atoms. The Bertz CT molecular complexity index is 1360. The lowest BCUT2D eigenvalue weighted by Gasteiger charge is -2.49. The molecule has 1 aliphatic heterocycles. The lowest BCUT2D eigenvalue weighted by atomic mass is 9.63. The summed E-state index contributed by atoms with van der Waals surface area (Å²) in [6.07, 6.45) is 2.31. The van der Waals surface area contributed by atoms with Gasteiger partial charge in [-0.2, -0.15) is 0 Å². The van der Waals surface area contributed by atoms with E-state index in [1.165, 1.54) is 6.07 Å². The average molecular weight is 571 g/mol. The summed E-state index contributed by atoms with van der Waals surface area (Å²) < 4.78 is 20.0. The number of hydrogen-bond donors (Lipinski definition) is 0. The molecule has 0 unspecified atom stereocenters. The largest absolute Gasteiger partial charge is 0.486 e. The van der Waals surface area contributed by atoms with Gasteiger partial charge < -0.3 is 9.64 Å². The van der Waals surface area contributed by atoms with Crippen molar-refractivity contribution in [3.63, 3.8) is 0 Å². The van der Waals surface area contributed by atoms with Gasteiger partial charge in [-0.05, 0) is 54.4 Å². The van der Waals surface area contributed by atoms with Gasteiger partial charge in [0.2, 0.25) is 0 Å². The SMILES string of the molecule is CCN1C2=C(C(=O)CC(C)(C)C2)C(c2cc(Cl)c(OCc3ccccc3F)c(Cl)c2)C2=C1CC(C)(C)CC2=O. The molecule has 0 N–H and O–H groups in total. The van der Waals surface area contributed by atoms with Gasteiger partial charge in [-0.1, -0.05) is 69.1 Å². The average Bonchev–Trinajstić information content (AvgIpc) is 2.81. The number of halogens is 3. The van der Waals surface area contributed by atoms with Crippen LogP contribution in [0.15, 0.2) is 58.9 Å². The van der Waals surface area contributed by atoms with Crippen LogP contribution >= 0.6 is 23.2 Å².